The van der Waals surface area contributed by atoms with Crippen LogP contribution in [0.2, 0.25) is 0 Å². The molecular formula is C6H12O2. The van der Waals surface area contributed by atoms with E-state index in [1.165, 1.54) is 0 Å². The van der Waals surface area contributed by atoms with Gasteiger partial charge in [0, 0.05) is 5.92 Å². The molecule has 1 N–H and O–H groups in total. The van der Waals surface area contributed by atoms with Gasteiger partial charge in [0.15, 0.2) is 0 Å². The van der Waals surface area contributed by atoms with Gasteiger partial charge in [-0.1, -0.05) is 13.8 Å². The van der Waals surface area contributed by atoms with Crippen LogP contribution in [0.3, 0.4) is 0 Å². The van der Waals surface area contributed by atoms with E-state index in [1.54, 1.807) is 6.92 Å². The van der Waals surface area contributed by atoms with E-state index in [-0.39, 0.29) is 5.92 Å². The Hall–Kier alpha value is -0.370. The fourth-order valence-electron chi connectivity index (χ4n) is 0.462. The lowest BCUT2D eigenvalue weighted by atomic mass is 10.1. The van der Waals surface area contributed by atoms with Gasteiger partial charge in [0.05, 0.1) is 6.10 Å². The van der Waals surface area contributed by atoms with Crippen molar-refractivity contribution in [2.24, 2.45) is 5.92 Å². The molecule has 0 bridgehead atoms. The standard InChI is InChI=1S/C6H12O2/c1-3-6(8)5(2)4-7/h4-6,8H,3H2,1-2H3/t5?,6-/m1/s1. The van der Waals surface area contributed by atoms with Crippen molar-refractivity contribution in [2.75, 3.05) is 0 Å². The van der Waals surface area contributed by atoms with Crippen molar-refractivity contribution in [3.05, 3.63) is 0 Å². The third-order valence-corrected chi connectivity index (χ3v) is 1.24. The van der Waals surface area contributed by atoms with Gasteiger partial charge in [-0.3, -0.25) is 0 Å². The van der Waals surface area contributed by atoms with Crippen molar-refractivity contribution in [3.63, 3.8) is 0 Å². The van der Waals surface area contributed by atoms with Crippen molar-refractivity contribution in [1.82, 2.24) is 0 Å². The summed E-state index contributed by atoms with van der Waals surface area (Å²) in [7, 11) is 0. The van der Waals surface area contributed by atoms with Gasteiger partial charge < -0.3 is 9.90 Å². The molecule has 0 radical (unpaired) electrons. The molecular weight excluding hydrogens is 104 g/mol. The van der Waals surface area contributed by atoms with Crippen LogP contribution in [0.25, 0.3) is 0 Å². The first kappa shape index (κ1) is 7.63. The Morgan fingerprint density at radius 2 is 2.25 bits per heavy atom. The van der Waals surface area contributed by atoms with Crippen LogP contribution in [0.15, 0.2) is 0 Å². The van der Waals surface area contributed by atoms with Crippen LogP contribution in [0.1, 0.15) is 20.3 Å². The van der Waals surface area contributed by atoms with E-state index in [1.807, 2.05) is 6.92 Å². The second-order valence-electron chi connectivity index (χ2n) is 1.97. The van der Waals surface area contributed by atoms with Gasteiger partial charge in [-0.2, -0.15) is 0 Å². The monoisotopic (exact) mass is 116 g/mol. The molecule has 1 unspecified atom stereocenters. The molecule has 0 saturated heterocycles. The van der Waals surface area contributed by atoms with Crippen molar-refractivity contribution >= 4 is 6.29 Å². The Morgan fingerprint density at radius 1 is 1.75 bits per heavy atom. The van der Waals surface area contributed by atoms with Gasteiger partial charge >= 0.3 is 0 Å². The fraction of sp³-hybridized carbons (Fsp3) is 0.833. The highest BCUT2D eigenvalue weighted by atomic mass is 16.3. The zero-order chi connectivity index (χ0) is 6.57. The zero-order valence-electron chi connectivity index (χ0n) is 5.29. The number of rotatable bonds is 3. The predicted octanol–water partition coefficient (Wildman–Crippen LogP) is 0.592. The summed E-state index contributed by atoms with van der Waals surface area (Å²) in [6.07, 6.45) is 0.973. The molecule has 2 atom stereocenters. The number of aldehydes is 1. The van der Waals surface area contributed by atoms with E-state index in [0.29, 0.717) is 6.42 Å². The molecule has 0 fully saturated rings. The first-order valence-electron chi connectivity index (χ1n) is 2.85. The van der Waals surface area contributed by atoms with Crippen LogP contribution >= 0.6 is 0 Å². The molecule has 0 aliphatic carbocycles. The zero-order valence-corrected chi connectivity index (χ0v) is 5.29. The molecule has 8 heavy (non-hydrogen) atoms. The average molecular weight is 116 g/mol. The molecule has 0 saturated carbocycles. The molecule has 2 heteroatoms. The topological polar surface area (TPSA) is 37.3 Å². The van der Waals surface area contributed by atoms with Crippen LogP contribution in [0.4, 0.5) is 0 Å². The lowest BCUT2D eigenvalue weighted by Crippen LogP contribution is -2.16. The molecule has 0 aromatic rings. The summed E-state index contributed by atoms with van der Waals surface area (Å²) in [5.41, 5.74) is 0. The Labute approximate surface area is 49.5 Å². The van der Waals surface area contributed by atoms with E-state index in [9.17, 15) is 4.79 Å². The van der Waals surface area contributed by atoms with E-state index < -0.39 is 6.10 Å². The SMILES string of the molecule is CC[C@@H](O)C(C)C=O. The number of aliphatic hydroxyl groups excluding tert-OH is 1. The maximum Gasteiger partial charge on any atom is 0.125 e. The van der Waals surface area contributed by atoms with Gasteiger partial charge in [-0.15, -0.1) is 0 Å². The summed E-state index contributed by atoms with van der Waals surface area (Å²) in [5, 5.41) is 8.90. The molecule has 0 aliphatic rings. The summed E-state index contributed by atoms with van der Waals surface area (Å²) in [6.45, 7) is 3.56. The molecule has 0 aromatic carbocycles. The fourth-order valence-corrected chi connectivity index (χ4v) is 0.462. The summed E-state index contributed by atoms with van der Waals surface area (Å²) >= 11 is 0. The largest absolute Gasteiger partial charge is 0.392 e. The minimum atomic E-state index is -0.451. The van der Waals surface area contributed by atoms with E-state index in [0.717, 1.165) is 6.29 Å². The summed E-state index contributed by atoms with van der Waals surface area (Å²) in [4.78, 5) is 9.95. The summed E-state index contributed by atoms with van der Waals surface area (Å²) in [6, 6.07) is 0. The van der Waals surface area contributed by atoms with Crippen LogP contribution in [-0.4, -0.2) is 17.5 Å². The molecule has 0 aromatic heterocycles. The number of aliphatic hydroxyl groups is 1. The van der Waals surface area contributed by atoms with E-state index >= 15 is 0 Å². The molecule has 0 amide bonds. The van der Waals surface area contributed by atoms with Crippen molar-refractivity contribution in [1.29, 1.82) is 0 Å². The van der Waals surface area contributed by atoms with Gasteiger partial charge in [0.25, 0.3) is 0 Å². The van der Waals surface area contributed by atoms with Crippen molar-refractivity contribution < 1.29 is 9.90 Å². The highest BCUT2D eigenvalue weighted by molar-refractivity contribution is 5.53. The number of carbonyl (C=O) groups excluding carboxylic acids is 1. The number of carbonyl (C=O) groups is 1. The molecule has 0 spiro atoms. The Balaban J connectivity index is 3.44. The Kier molecular flexibility index (Phi) is 3.44. The first-order valence-corrected chi connectivity index (χ1v) is 2.85. The molecule has 0 aliphatic heterocycles. The maximum atomic E-state index is 9.95. The van der Waals surface area contributed by atoms with Gasteiger partial charge in [-0.25, -0.2) is 0 Å². The van der Waals surface area contributed by atoms with Gasteiger partial charge in [-0.05, 0) is 6.42 Å². The normalized spacial score (nSPS) is 17.4. The third kappa shape index (κ3) is 2.07. The summed E-state index contributed by atoms with van der Waals surface area (Å²) in [5.74, 6) is -0.208. The molecule has 0 rings (SSSR count). The highest BCUT2D eigenvalue weighted by Gasteiger charge is 2.08. The maximum absolute atomic E-state index is 9.95. The number of hydrogen-bond donors (Lipinski definition) is 1. The van der Waals surface area contributed by atoms with Crippen LogP contribution in [-0.2, 0) is 4.79 Å². The van der Waals surface area contributed by atoms with Crippen LogP contribution in [0, 0.1) is 5.92 Å². The van der Waals surface area contributed by atoms with E-state index in [2.05, 4.69) is 0 Å². The highest BCUT2D eigenvalue weighted by Crippen LogP contribution is 2.01. The predicted molar refractivity (Wildman–Crippen MR) is 31.5 cm³/mol. The quantitative estimate of drug-likeness (QED) is 0.548. The summed E-state index contributed by atoms with van der Waals surface area (Å²) < 4.78 is 0. The lowest BCUT2D eigenvalue weighted by molar-refractivity contribution is -0.113. The lowest BCUT2D eigenvalue weighted by Gasteiger charge is -2.08. The smallest absolute Gasteiger partial charge is 0.125 e. The number of hydrogen-bond acceptors (Lipinski definition) is 2. The molecule has 0 heterocycles. The van der Waals surface area contributed by atoms with Crippen LogP contribution < -0.4 is 0 Å². The molecule has 48 valence electrons. The van der Waals surface area contributed by atoms with E-state index in [4.69, 9.17) is 5.11 Å². The minimum Gasteiger partial charge on any atom is -0.392 e. The molecule has 2 nitrogen and oxygen atoms in total. The first-order chi connectivity index (χ1) is 3.72. The second-order valence-corrected chi connectivity index (χ2v) is 1.97. The Bertz CT molecular complexity index is 70.9. The second kappa shape index (κ2) is 3.61. The van der Waals surface area contributed by atoms with Crippen LogP contribution in [0.5, 0.6) is 0 Å². The average Bonchev–Trinajstić information content (AvgIpc) is 1.84. The van der Waals surface area contributed by atoms with Gasteiger partial charge in [0.2, 0.25) is 0 Å². The van der Waals surface area contributed by atoms with Crippen molar-refractivity contribution in [2.45, 2.75) is 26.4 Å². The Morgan fingerprint density at radius 3 is 2.38 bits per heavy atom. The minimum absolute atomic E-state index is 0.208. The third-order valence-electron chi connectivity index (χ3n) is 1.24. The van der Waals surface area contributed by atoms with Gasteiger partial charge in [0.1, 0.15) is 6.29 Å². The van der Waals surface area contributed by atoms with Crippen molar-refractivity contribution in [3.8, 4) is 0 Å².